The van der Waals surface area contributed by atoms with Crippen LogP contribution in [0.1, 0.15) is 12.5 Å². The van der Waals surface area contributed by atoms with Crippen LogP contribution in [0.4, 0.5) is 5.69 Å². The molecule has 0 heterocycles. The zero-order valence-corrected chi connectivity index (χ0v) is 14.0. The predicted molar refractivity (Wildman–Crippen MR) is 88.6 cm³/mol. The van der Waals surface area contributed by atoms with Crippen molar-refractivity contribution in [2.75, 3.05) is 12.4 Å². The molecule has 1 unspecified atom stereocenters. The summed E-state index contributed by atoms with van der Waals surface area (Å²) in [6.45, 7) is 1.77. The van der Waals surface area contributed by atoms with Gasteiger partial charge in [-0.15, -0.1) is 0 Å². The Bertz CT molecular complexity index is 662. The molecule has 0 aliphatic heterocycles. The minimum Gasteiger partial charge on any atom is -0.467 e. The molecule has 2 rings (SSSR count). The van der Waals surface area contributed by atoms with Crippen LogP contribution in [-0.4, -0.2) is 13.1 Å². The molecule has 0 saturated heterocycles. The van der Waals surface area contributed by atoms with Gasteiger partial charge in [-0.25, -0.2) is 4.79 Å². The third-order valence-electron chi connectivity index (χ3n) is 3.21. The van der Waals surface area contributed by atoms with Crippen LogP contribution in [0.2, 0.25) is 5.02 Å². The van der Waals surface area contributed by atoms with Gasteiger partial charge in [0.05, 0.1) is 7.11 Å². The first-order chi connectivity index (χ1) is 9.95. The number of nitrogens with one attached hydrogen (secondary N) is 1. The number of anilines is 1. The van der Waals surface area contributed by atoms with Gasteiger partial charge in [-0.2, -0.15) is 0 Å². The number of benzene rings is 2. The molecule has 1 atom stereocenters. The Kier molecular flexibility index (Phi) is 4.91. The fourth-order valence-corrected chi connectivity index (χ4v) is 2.69. The van der Waals surface area contributed by atoms with Crippen molar-refractivity contribution >= 4 is 39.2 Å². The Hall–Kier alpha value is -1.52. The summed E-state index contributed by atoms with van der Waals surface area (Å²) in [5.41, 5.74) is 0.513. The second-order valence-electron chi connectivity index (χ2n) is 4.76. The smallest absolute Gasteiger partial charge is 0.335 e. The van der Waals surface area contributed by atoms with E-state index in [1.54, 1.807) is 25.1 Å². The van der Waals surface area contributed by atoms with E-state index in [0.717, 1.165) is 15.7 Å². The van der Waals surface area contributed by atoms with E-state index in [1.807, 2.05) is 30.3 Å². The largest absolute Gasteiger partial charge is 0.467 e. The Balaban J connectivity index is 2.45. The molecule has 0 radical (unpaired) electrons. The molecule has 0 fully saturated rings. The maximum absolute atomic E-state index is 12.3. The van der Waals surface area contributed by atoms with Crippen LogP contribution in [0.25, 0.3) is 0 Å². The minimum absolute atomic E-state index is 0.384. The number of rotatable bonds is 4. The van der Waals surface area contributed by atoms with Crippen LogP contribution in [-0.2, 0) is 15.1 Å². The zero-order valence-electron chi connectivity index (χ0n) is 11.7. The molecule has 5 heteroatoms. The van der Waals surface area contributed by atoms with Gasteiger partial charge in [-0.3, -0.25) is 0 Å². The quantitative estimate of drug-likeness (QED) is 0.801. The first-order valence-electron chi connectivity index (χ1n) is 6.34. The van der Waals surface area contributed by atoms with E-state index in [0.29, 0.717) is 5.02 Å². The van der Waals surface area contributed by atoms with Gasteiger partial charge in [0.15, 0.2) is 5.54 Å². The molecule has 0 spiro atoms. The molecule has 110 valence electrons. The van der Waals surface area contributed by atoms with E-state index in [-0.39, 0.29) is 5.97 Å². The second kappa shape index (κ2) is 6.50. The number of ether oxygens (including phenoxy) is 1. The molecule has 0 amide bonds. The standard InChI is InChI=1S/C16H15BrClNO2/c1-16(15(20)21-2,11-5-3-7-13(18)9-11)19-14-8-4-6-12(17)10-14/h3-10,19H,1-2H3. The van der Waals surface area contributed by atoms with Gasteiger partial charge in [-0.1, -0.05) is 45.7 Å². The van der Waals surface area contributed by atoms with E-state index < -0.39 is 5.54 Å². The normalized spacial score (nSPS) is 13.3. The van der Waals surface area contributed by atoms with Crippen molar-refractivity contribution in [3.63, 3.8) is 0 Å². The van der Waals surface area contributed by atoms with Gasteiger partial charge in [0.25, 0.3) is 0 Å². The maximum Gasteiger partial charge on any atom is 0.335 e. The van der Waals surface area contributed by atoms with Crippen LogP contribution < -0.4 is 5.32 Å². The number of methoxy groups -OCH3 is 1. The highest BCUT2D eigenvalue weighted by Gasteiger charge is 2.36. The first-order valence-corrected chi connectivity index (χ1v) is 7.51. The average Bonchev–Trinajstić information content (AvgIpc) is 2.46. The molecule has 0 aliphatic carbocycles. The van der Waals surface area contributed by atoms with Gasteiger partial charge >= 0.3 is 5.97 Å². The fraction of sp³-hybridized carbons (Fsp3) is 0.188. The second-order valence-corrected chi connectivity index (χ2v) is 6.11. The lowest BCUT2D eigenvalue weighted by Crippen LogP contribution is -2.41. The Labute approximate surface area is 137 Å². The molecule has 2 aromatic carbocycles. The van der Waals surface area contributed by atoms with Crippen LogP contribution in [0.15, 0.2) is 53.0 Å². The average molecular weight is 369 g/mol. The maximum atomic E-state index is 12.3. The summed E-state index contributed by atoms with van der Waals surface area (Å²) < 4.78 is 5.88. The third-order valence-corrected chi connectivity index (χ3v) is 3.94. The summed E-state index contributed by atoms with van der Waals surface area (Å²) in [7, 11) is 1.37. The van der Waals surface area contributed by atoms with Crippen molar-refractivity contribution in [2.24, 2.45) is 0 Å². The lowest BCUT2D eigenvalue weighted by atomic mass is 9.91. The third kappa shape index (κ3) is 3.57. The molecule has 21 heavy (non-hydrogen) atoms. The van der Waals surface area contributed by atoms with E-state index >= 15 is 0 Å². The van der Waals surface area contributed by atoms with Crippen LogP contribution in [0.5, 0.6) is 0 Å². The summed E-state index contributed by atoms with van der Waals surface area (Å²) in [4.78, 5) is 12.3. The van der Waals surface area contributed by atoms with Gasteiger partial charge < -0.3 is 10.1 Å². The minimum atomic E-state index is -1.03. The highest BCUT2D eigenvalue weighted by atomic mass is 79.9. The van der Waals surface area contributed by atoms with E-state index in [2.05, 4.69) is 21.2 Å². The van der Waals surface area contributed by atoms with Gasteiger partial charge in [0, 0.05) is 15.2 Å². The zero-order chi connectivity index (χ0) is 15.5. The van der Waals surface area contributed by atoms with Gasteiger partial charge in [0.1, 0.15) is 0 Å². The summed E-state index contributed by atoms with van der Waals surface area (Å²) in [6.07, 6.45) is 0. The number of hydrogen-bond acceptors (Lipinski definition) is 3. The Morgan fingerprint density at radius 2 is 1.95 bits per heavy atom. The van der Waals surface area contributed by atoms with E-state index in [4.69, 9.17) is 16.3 Å². The van der Waals surface area contributed by atoms with Gasteiger partial charge in [0.2, 0.25) is 0 Å². The van der Waals surface area contributed by atoms with Crippen molar-refractivity contribution < 1.29 is 9.53 Å². The van der Waals surface area contributed by atoms with Crippen LogP contribution in [0.3, 0.4) is 0 Å². The van der Waals surface area contributed by atoms with Crippen LogP contribution in [0, 0.1) is 0 Å². The van der Waals surface area contributed by atoms with E-state index in [1.165, 1.54) is 7.11 Å². The molecule has 0 aliphatic rings. The molecular weight excluding hydrogens is 354 g/mol. The summed E-state index contributed by atoms with van der Waals surface area (Å²) in [6, 6.07) is 14.8. The molecule has 0 saturated carbocycles. The van der Waals surface area contributed by atoms with Crippen molar-refractivity contribution in [1.82, 2.24) is 0 Å². The highest BCUT2D eigenvalue weighted by Crippen LogP contribution is 2.30. The summed E-state index contributed by atoms with van der Waals surface area (Å²) >= 11 is 9.45. The van der Waals surface area contributed by atoms with Crippen LogP contribution >= 0.6 is 27.5 Å². The predicted octanol–water partition coefficient (Wildman–Crippen LogP) is 4.60. The highest BCUT2D eigenvalue weighted by molar-refractivity contribution is 9.10. The molecule has 3 nitrogen and oxygen atoms in total. The van der Waals surface area contributed by atoms with Crippen molar-refractivity contribution in [1.29, 1.82) is 0 Å². The number of halogens is 2. The number of esters is 1. The SMILES string of the molecule is COC(=O)C(C)(Nc1cccc(Br)c1)c1cccc(Cl)c1. The monoisotopic (exact) mass is 367 g/mol. The van der Waals surface area contributed by atoms with Gasteiger partial charge in [-0.05, 0) is 42.8 Å². The first kappa shape index (κ1) is 15.9. The molecule has 0 aromatic heterocycles. The Morgan fingerprint density at radius 1 is 1.24 bits per heavy atom. The summed E-state index contributed by atoms with van der Waals surface area (Å²) in [5.74, 6) is -0.384. The number of carbonyl (C=O) groups excluding carboxylic acids is 1. The molecular formula is C16H15BrClNO2. The number of hydrogen-bond donors (Lipinski definition) is 1. The lowest BCUT2D eigenvalue weighted by Gasteiger charge is -2.29. The van der Waals surface area contributed by atoms with E-state index in [9.17, 15) is 4.79 Å². The van der Waals surface area contributed by atoms with Crippen molar-refractivity contribution in [3.05, 3.63) is 63.6 Å². The summed E-state index contributed by atoms with van der Waals surface area (Å²) in [5, 5.41) is 3.80. The number of carbonyl (C=O) groups is 1. The van der Waals surface area contributed by atoms with Crippen molar-refractivity contribution in [3.8, 4) is 0 Å². The fourth-order valence-electron chi connectivity index (χ4n) is 2.10. The molecule has 1 N–H and O–H groups in total. The van der Waals surface area contributed by atoms with Crippen molar-refractivity contribution in [2.45, 2.75) is 12.5 Å². The topological polar surface area (TPSA) is 38.3 Å². The lowest BCUT2D eigenvalue weighted by molar-refractivity contribution is -0.145. The Morgan fingerprint density at radius 3 is 2.57 bits per heavy atom. The molecule has 0 bridgehead atoms. The molecule has 2 aromatic rings.